The van der Waals surface area contributed by atoms with E-state index in [0.717, 1.165) is 4.88 Å². The van der Waals surface area contributed by atoms with Gasteiger partial charge in [0.15, 0.2) is 5.78 Å². The second kappa shape index (κ2) is 3.06. The van der Waals surface area contributed by atoms with Gasteiger partial charge in [-0.1, -0.05) is 0 Å². The average molecular weight is 194 g/mol. The lowest BCUT2D eigenvalue weighted by Crippen LogP contribution is -1.83. The van der Waals surface area contributed by atoms with Crippen LogP contribution in [0.5, 0.6) is 0 Å². The summed E-state index contributed by atoms with van der Waals surface area (Å²) in [6, 6.07) is 3.57. The molecule has 6 heteroatoms. The number of hydrogen-bond donors (Lipinski definition) is 1. The quantitative estimate of drug-likeness (QED) is 0.727. The van der Waals surface area contributed by atoms with Gasteiger partial charge < -0.3 is 0 Å². The maximum Gasteiger partial charge on any atom is 0.214 e. The monoisotopic (exact) mass is 194 g/mol. The summed E-state index contributed by atoms with van der Waals surface area (Å²) in [7, 11) is 0. The molecule has 0 amide bonds. The number of rotatable bonds is 2. The van der Waals surface area contributed by atoms with E-state index in [0.29, 0.717) is 10.7 Å². The van der Waals surface area contributed by atoms with Gasteiger partial charge in [0.1, 0.15) is 0 Å². The number of hydrogen-bond acceptors (Lipinski definition) is 5. The molecule has 0 aliphatic carbocycles. The fourth-order valence-corrected chi connectivity index (χ4v) is 1.74. The third kappa shape index (κ3) is 1.48. The van der Waals surface area contributed by atoms with Crippen LogP contribution in [0.2, 0.25) is 0 Å². The van der Waals surface area contributed by atoms with Crippen LogP contribution < -0.4 is 0 Å². The molecule has 2 heterocycles. The van der Waals surface area contributed by atoms with Crippen LogP contribution in [0.1, 0.15) is 16.6 Å². The molecule has 1 N–H and O–H groups in total. The predicted octanol–water partition coefficient (Wildman–Crippen LogP) is 1.13. The summed E-state index contributed by atoms with van der Waals surface area (Å²) in [5.41, 5.74) is 0. The molecule has 0 radical (unpaired) electrons. The minimum atomic E-state index is 0.0553. The highest BCUT2D eigenvalue weighted by atomic mass is 32.1. The van der Waals surface area contributed by atoms with Crippen LogP contribution in [0.25, 0.3) is 10.7 Å². The van der Waals surface area contributed by atoms with Crippen LogP contribution >= 0.6 is 11.3 Å². The summed E-state index contributed by atoms with van der Waals surface area (Å²) in [6.45, 7) is 1.53. The molecule has 0 saturated heterocycles. The van der Waals surface area contributed by atoms with Crippen molar-refractivity contribution in [1.29, 1.82) is 0 Å². The number of thiophene rings is 1. The van der Waals surface area contributed by atoms with Gasteiger partial charge in [-0.3, -0.25) is 4.79 Å². The maximum absolute atomic E-state index is 11.0. The van der Waals surface area contributed by atoms with Crippen LogP contribution in [0.4, 0.5) is 0 Å². The number of tetrazole rings is 1. The molecular formula is C7H6N4OS. The SMILES string of the molecule is CC(=O)c1ccc(-c2nn[nH]n2)s1. The first-order chi connectivity index (χ1) is 6.27. The molecule has 0 aromatic carbocycles. The largest absolute Gasteiger partial charge is 0.294 e. The Hall–Kier alpha value is -1.56. The zero-order chi connectivity index (χ0) is 9.26. The number of Topliss-reactive ketones (excluding diaryl/α,β-unsaturated/α-hetero) is 1. The molecule has 0 unspecified atom stereocenters. The fourth-order valence-electron chi connectivity index (χ4n) is 0.913. The lowest BCUT2D eigenvalue weighted by Gasteiger charge is -1.84. The molecule has 0 atom stereocenters. The van der Waals surface area contributed by atoms with Crippen LogP contribution in [0.15, 0.2) is 12.1 Å². The van der Waals surface area contributed by atoms with Crippen molar-refractivity contribution in [3.63, 3.8) is 0 Å². The smallest absolute Gasteiger partial charge is 0.214 e. The highest BCUT2D eigenvalue weighted by Crippen LogP contribution is 2.24. The number of aromatic nitrogens is 4. The van der Waals surface area contributed by atoms with Crippen molar-refractivity contribution in [2.45, 2.75) is 6.92 Å². The van der Waals surface area contributed by atoms with E-state index in [4.69, 9.17) is 0 Å². The first-order valence-electron chi connectivity index (χ1n) is 3.62. The molecule has 2 aromatic heterocycles. The molecule has 13 heavy (non-hydrogen) atoms. The highest BCUT2D eigenvalue weighted by Gasteiger charge is 2.08. The number of nitrogens with one attached hydrogen (secondary N) is 1. The van der Waals surface area contributed by atoms with Gasteiger partial charge in [-0.05, 0) is 24.3 Å². The molecule has 66 valence electrons. The maximum atomic E-state index is 11.0. The molecule has 2 rings (SSSR count). The van der Waals surface area contributed by atoms with Gasteiger partial charge in [0.25, 0.3) is 0 Å². The van der Waals surface area contributed by atoms with E-state index in [9.17, 15) is 4.79 Å². The van der Waals surface area contributed by atoms with Gasteiger partial charge in [-0.2, -0.15) is 5.21 Å². The minimum absolute atomic E-state index is 0.0553. The zero-order valence-electron chi connectivity index (χ0n) is 6.81. The third-order valence-electron chi connectivity index (χ3n) is 1.52. The van der Waals surface area contributed by atoms with Crippen molar-refractivity contribution in [2.75, 3.05) is 0 Å². The van der Waals surface area contributed by atoms with Crippen molar-refractivity contribution in [1.82, 2.24) is 20.6 Å². The molecular weight excluding hydrogens is 188 g/mol. The number of carbonyl (C=O) groups is 1. The van der Waals surface area contributed by atoms with Gasteiger partial charge in [0.2, 0.25) is 5.82 Å². The average Bonchev–Trinajstić information content (AvgIpc) is 2.75. The van der Waals surface area contributed by atoms with Crippen LogP contribution in [0.3, 0.4) is 0 Å². The Morgan fingerprint density at radius 2 is 2.38 bits per heavy atom. The predicted molar refractivity (Wildman–Crippen MR) is 47.5 cm³/mol. The van der Waals surface area contributed by atoms with Gasteiger partial charge in [-0.25, -0.2) is 0 Å². The Morgan fingerprint density at radius 3 is 2.92 bits per heavy atom. The summed E-state index contributed by atoms with van der Waals surface area (Å²) < 4.78 is 0. The first kappa shape index (κ1) is 8.06. The zero-order valence-corrected chi connectivity index (χ0v) is 7.63. The molecule has 5 nitrogen and oxygen atoms in total. The van der Waals surface area contributed by atoms with Gasteiger partial charge >= 0.3 is 0 Å². The van der Waals surface area contributed by atoms with E-state index < -0.39 is 0 Å². The van der Waals surface area contributed by atoms with Crippen molar-refractivity contribution in [2.24, 2.45) is 0 Å². The van der Waals surface area contributed by atoms with E-state index in [1.807, 2.05) is 6.07 Å². The lowest BCUT2D eigenvalue weighted by atomic mass is 10.3. The Morgan fingerprint density at radius 1 is 1.54 bits per heavy atom. The fraction of sp³-hybridized carbons (Fsp3) is 0.143. The Kier molecular flexibility index (Phi) is 1.90. The van der Waals surface area contributed by atoms with Gasteiger partial charge in [0, 0.05) is 0 Å². The van der Waals surface area contributed by atoms with E-state index in [1.165, 1.54) is 18.3 Å². The van der Waals surface area contributed by atoms with E-state index in [1.54, 1.807) is 6.07 Å². The first-order valence-corrected chi connectivity index (χ1v) is 4.43. The molecule has 0 aliphatic rings. The highest BCUT2D eigenvalue weighted by molar-refractivity contribution is 7.17. The number of carbonyl (C=O) groups excluding carboxylic acids is 1. The number of H-pyrrole nitrogens is 1. The summed E-state index contributed by atoms with van der Waals surface area (Å²) in [4.78, 5) is 12.5. The van der Waals surface area contributed by atoms with Crippen molar-refractivity contribution >= 4 is 17.1 Å². The normalized spacial score (nSPS) is 10.2. The molecule has 0 saturated carbocycles. The van der Waals surface area contributed by atoms with E-state index in [-0.39, 0.29) is 5.78 Å². The van der Waals surface area contributed by atoms with Crippen molar-refractivity contribution < 1.29 is 4.79 Å². The summed E-state index contributed by atoms with van der Waals surface area (Å²) in [6.07, 6.45) is 0. The van der Waals surface area contributed by atoms with Crippen LogP contribution in [0, 0.1) is 0 Å². The van der Waals surface area contributed by atoms with E-state index in [2.05, 4.69) is 20.6 Å². The second-order valence-corrected chi connectivity index (χ2v) is 3.54. The number of aromatic amines is 1. The Balaban J connectivity index is 2.39. The van der Waals surface area contributed by atoms with Crippen molar-refractivity contribution in [3.05, 3.63) is 17.0 Å². The Bertz CT molecular complexity index is 419. The Labute approximate surface area is 77.8 Å². The summed E-state index contributed by atoms with van der Waals surface area (Å²) >= 11 is 1.36. The molecule has 0 bridgehead atoms. The molecule has 2 aromatic rings. The minimum Gasteiger partial charge on any atom is -0.294 e. The standard InChI is InChI=1S/C7H6N4OS/c1-4(12)5-2-3-6(13-5)7-8-10-11-9-7/h2-3H,1H3,(H,8,9,10,11). The third-order valence-corrected chi connectivity index (χ3v) is 2.70. The molecule has 0 spiro atoms. The van der Waals surface area contributed by atoms with Gasteiger partial charge in [-0.15, -0.1) is 21.5 Å². The van der Waals surface area contributed by atoms with Crippen LogP contribution in [-0.4, -0.2) is 26.4 Å². The summed E-state index contributed by atoms with van der Waals surface area (Å²) in [5.74, 6) is 0.581. The van der Waals surface area contributed by atoms with Crippen molar-refractivity contribution in [3.8, 4) is 10.7 Å². The van der Waals surface area contributed by atoms with Gasteiger partial charge in [0.05, 0.1) is 9.75 Å². The number of ketones is 1. The van der Waals surface area contributed by atoms with E-state index >= 15 is 0 Å². The lowest BCUT2D eigenvalue weighted by molar-refractivity contribution is 0.102. The van der Waals surface area contributed by atoms with Crippen LogP contribution in [-0.2, 0) is 0 Å². The topological polar surface area (TPSA) is 71.5 Å². The second-order valence-electron chi connectivity index (χ2n) is 2.46. The summed E-state index contributed by atoms with van der Waals surface area (Å²) in [5, 5.41) is 13.4. The molecule has 0 aliphatic heterocycles. The number of nitrogens with zero attached hydrogens (tertiary/aromatic N) is 3. The molecule has 0 fully saturated rings.